The van der Waals surface area contributed by atoms with E-state index in [4.69, 9.17) is 5.73 Å². The molecule has 18 heavy (non-hydrogen) atoms. The van der Waals surface area contributed by atoms with Gasteiger partial charge in [0.1, 0.15) is 0 Å². The second-order valence-corrected chi connectivity index (χ2v) is 5.92. The molecule has 0 spiro atoms. The average molecular weight is 242 g/mol. The lowest BCUT2D eigenvalue weighted by Crippen LogP contribution is -2.19. The lowest BCUT2D eigenvalue weighted by Gasteiger charge is -2.24. The predicted molar refractivity (Wildman–Crippen MR) is 77.6 cm³/mol. The summed E-state index contributed by atoms with van der Waals surface area (Å²) >= 11 is 0. The van der Waals surface area contributed by atoms with E-state index in [0.717, 1.165) is 24.9 Å². The van der Waals surface area contributed by atoms with Gasteiger partial charge in [0.2, 0.25) is 0 Å². The zero-order chi connectivity index (χ0) is 13.2. The molecule has 0 aliphatic heterocycles. The highest BCUT2D eigenvalue weighted by molar-refractivity contribution is 5.79. The second-order valence-electron chi connectivity index (χ2n) is 5.92. The molecule has 1 aromatic heterocycles. The van der Waals surface area contributed by atoms with Gasteiger partial charge in [0.05, 0.1) is 5.52 Å². The molecule has 0 amide bonds. The van der Waals surface area contributed by atoms with E-state index >= 15 is 0 Å². The highest BCUT2D eigenvalue weighted by Crippen LogP contribution is 2.26. The van der Waals surface area contributed by atoms with Crippen LogP contribution in [0.1, 0.15) is 31.4 Å². The van der Waals surface area contributed by atoms with Crippen LogP contribution >= 0.6 is 0 Å². The Morgan fingerprint density at radius 3 is 2.72 bits per heavy atom. The van der Waals surface area contributed by atoms with Crippen molar-refractivity contribution in [1.82, 2.24) is 4.98 Å². The molecule has 0 unspecified atom stereocenters. The summed E-state index contributed by atoms with van der Waals surface area (Å²) < 4.78 is 0. The highest BCUT2D eigenvalue weighted by atomic mass is 14.6. The maximum Gasteiger partial charge on any atom is 0.0702 e. The molecule has 2 rings (SSSR count). The summed E-state index contributed by atoms with van der Waals surface area (Å²) in [6.07, 6.45) is 4.03. The summed E-state index contributed by atoms with van der Waals surface area (Å²) in [5.41, 5.74) is 9.58. The van der Waals surface area contributed by atoms with Crippen LogP contribution in [0.2, 0.25) is 0 Å². The monoisotopic (exact) mass is 242 g/mol. The molecule has 1 aromatic carbocycles. The minimum absolute atomic E-state index is 0.264. The van der Waals surface area contributed by atoms with Gasteiger partial charge in [0.25, 0.3) is 0 Å². The quantitative estimate of drug-likeness (QED) is 0.891. The molecule has 1 heterocycles. The maximum atomic E-state index is 5.67. The van der Waals surface area contributed by atoms with Gasteiger partial charge in [-0.15, -0.1) is 0 Å². The van der Waals surface area contributed by atoms with Crippen LogP contribution in [0, 0.1) is 12.3 Å². The van der Waals surface area contributed by atoms with E-state index in [-0.39, 0.29) is 5.41 Å². The number of rotatable bonds is 4. The summed E-state index contributed by atoms with van der Waals surface area (Å²) in [6.45, 7) is 7.38. The number of aryl methyl sites for hydroxylation is 1. The smallest absolute Gasteiger partial charge is 0.0702 e. The van der Waals surface area contributed by atoms with Crippen molar-refractivity contribution < 1.29 is 0 Å². The number of nitrogens with zero attached hydrogens (tertiary/aromatic N) is 1. The van der Waals surface area contributed by atoms with Gasteiger partial charge in [-0.1, -0.05) is 19.9 Å². The van der Waals surface area contributed by atoms with Gasteiger partial charge in [-0.25, -0.2) is 0 Å². The molecular weight excluding hydrogens is 220 g/mol. The van der Waals surface area contributed by atoms with Crippen LogP contribution in [0.3, 0.4) is 0 Å². The van der Waals surface area contributed by atoms with E-state index in [1.54, 1.807) is 0 Å². The minimum Gasteiger partial charge on any atom is -0.330 e. The fraction of sp³-hybridized carbons (Fsp3) is 0.438. The van der Waals surface area contributed by atoms with Crippen LogP contribution in [-0.2, 0) is 6.42 Å². The molecule has 0 bridgehead atoms. The average Bonchev–Trinajstić information content (AvgIpc) is 2.27. The third-order valence-corrected chi connectivity index (χ3v) is 3.39. The van der Waals surface area contributed by atoms with Crippen LogP contribution in [-0.4, -0.2) is 11.5 Å². The van der Waals surface area contributed by atoms with Crippen molar-refractivity contribution in [2.45, 2.75) is 33.6 Å². The Balaban J connectivity index is 2.29. The standard InChI is InChI=1S/C16H22N2/c1-12-8-14-9-13(4-5-15(14)18-11-12)10-16(2,3)6-7-17/h4-5,8-9,11H,6-7,10,17H2,1-3H3. The molecule has 0 aliphatic rings. The topological polar surface area (TPSA) is 38.9 Å². The zero-order valence-electron chi connectivity index (χ0n) is 11.5. The Kier molecular flexibility index (Phi) is 3.67. The SMILES string of the molecule is Cc1cnc2ccc(CC(C)(C)CCN)cc2c1. The van der Waals surface area contributed by atoms with Gasteiger partial charge in [0.15, 0.2) is 0 Å². The zero-order valence-corrected chi connectivity index (χ0v) is 11.5. The first-order valence-corrected chi connectivity index (χ1v) is 6.55. The van der Waals surface area contributed by atoms with Crippen LogP contribution < -0.4 is 5.73 Å². The van der Waals surface area contributed by atoms with Crippen molar-refractivity contribution in [3.8, 4) is 0 Å². The van der Waals surface area contributed by atoms with Crippen molar-refractivity contribution >= 4 is 10.9 Å². The summed E-state index contributed by atoms with van der Waals surface area (Å²) in [6, 6.07) is 8.75. The predicted octanol–water partition coefficient (Wildman–Crippen LogP) is 3.46. The maximum absolute atomic E-state index is 5.67. The summed E-state index contributed by atoms with van der Waals surface area (Å²) in [5, 5.41) is 1.23. The van der Waals surface area contributed by atoms with E-state index in [1.165, 1.54) is 16.5 Å². The Bertz CT molecular complexity index is 544. The number of fused-ring (bicyclic) bond motifs is 1. The van der Waals surface area contributed by atoms with Gasteiger partial charge in [-0.3, -0.25) is 4.98 Å². The normalized spacial score (nSPS) is 12.0. The van der Waals surface area contributed by atoms with Crippen molar-refractivity contribution in [2.24, 2.45) is 11.1 Å². The number of aromatic nitrogens is 1. The molecule has 0 atom stereocenters. The van der Waals surface area contributed by atoms with Crippen molar-refractivity contribution in [2.75, 3.05) is 6.54 Å². The Labute approximate surface area is 109 Å². The van der Waals surface area contributed by atoms with Crippen molar-refractivity contribution in [3.63, 3.8) is 0 Å². The molecule has 0 aliphatic carbocycles. The lowest BCUT2D eigenvalue weighted by atomic mass is 9.82. The third kappa shape index (κ3) is 3.08. The van der Waals surface area contributed by atoms with Crippen LogP contribution in [0.4, 0.5) is 0 Å². The van der Waals surface area contributed by atoms with Gasteiger partial charge < -0.3 is 5.73 Å². The molecule has 0 radical (unpaired) electrons. The molecular formula is C16H22N2. The first-order valence-electron chi connectivity index (χ1n) is 6.55. The molecule has 0 saturated carbocycles. The van der Waals surface area contributed by atoms with Crippen molar-refractivity contribution in [1.29, 1.82) is 0 Å². The second kappa shape index (κ2) is 5.07. The first-order chi connectivity index (χ1) is 8.50. The molecule has 0 fully saturated rings. The van der Waals surface area contributed by atoms with Gasteiger partial charge in [-0.05, 0) is 61.1 Å². The van der Waals surface area contributed by atoms with E-state index in [0.29, 0.717) is 0 Å². The minimum atomic E-state index is 0.264. The molecule has 96 valence electrons. The molecule has 0 saturated heterocycles. The molecule has 2 N–H and O–H groups in total. The Hall–Kier alpha value is -1.41. The van der Waals surface area contributed by atoms with E-state index in [1.807, 2.05) is 6.20 Å². The largest absolute Gasteiger partial charge is 0.330 e. The van der Waals surface area contributed by atoms with Crippen LogP contribution in [0.5, 0.6) is 0 Å². The summed E-state index contributed by atoms with van der Waals surface area (Å²) in [7, 11) is 0. The Morgan fingerprint density at radius 1 is 1.22 bits per heavy atom. The first kappa shape index (κ1) is 13.0. The summed E-state index contributed by atoms with van der Waals surface area (Å²) in [5.74, 6) is 0. The van der Waals surface area contributed by atoms with E-state index in [2.05, 4.69) is 50.0 Å². The number of nitrogens with two attached hydrogens (primary N) is 1. The van der Waals surface area contributed by atoms with E-state index in [9.17, 15) is 0 Å². The number of hydrogen-bond donors (Lipinski definition) is 1. The molecule has 2 nitrogen and oxygen atoms in total. The highest BCUT2D eigenvalue weighted by Gasteiger charge is 2.17. The number of benzene rings is 1. The van der Waals surface area contributed by atoms with Gasteiger partial charge in [-0.2, -0.15) is 0 Å². The fourth-order valence-corrected chi connectivity index (χ4v) is 2.43. The van der Waals surface area contributed by atoms with E-state index < -0.39 is 0 Å². The molecule has 2 aromatic rings. The van der Waals surface area contributed by atoms with Gasteiger partial charge >= 0.3 is 0 Å². The number of pyridine rings is 1. The molecule has 2 heteroatoms. The summed E-state index contributed by atoms with van der Waals surface area (Å²) in [4.78, 5) is 4.43. The number of hydrogen-bond acceptors (Lipinski definition) is 2. The fourth-order valence-electron chi connectivity index (χ4n) is 2.43. The van der Waals surface area contributed by atoms with Crippen LogP contribution in [0.15, 0.2) is 30.5 Å². The van der Waals surface area contributed by atoms with Crippen molar-refractivity contribution in [3.05, 3.63) is 41.6 Å². The Morgan fingerprint density at radius 2 is 2.00 bits per heavy atom. The van der Waals surface area contributed by atoms with Gasteiger partial charge in [0, 0.05) is 11.6 Å². The third-order valence-electron chi connectivity index (χ3n) is 3.39. The lowest BCUT2D eigenvalue weighted by molar-refractivity contribution is 0.339. The van der Waals surface area contributed by atoms with Crippen LogP contribution in [0.25, 0.3) is 10.9 Å².